The molecule has 0 unspecified atom stereocenters. The normalized spacial score (nSPS) is 20.5. The maximum Gasteiger partial charge on any atom is 0.228 e. The molecule has 11 heteroatoms. The summed E-state index contributed by atoms with van der Waals surface area (Å²) < 4.78 is 24.0. The Hall–Kier alpha value is -2.82. The molecule has 2 aliphatic rings. The van der Waals surface area contributed by atoms with Crippen LogP contribution in [0.15, 0.2) is 30.6 Å². The lowest BCUT2D eigenvalue weighted by Gasteiger charge is -2.36. The molecule has 4 aromatic rings. The summed E-state index contributed by atoms with van der Waals surface area (Å²) in [5, 5.41) is 5.65. The van der Waals surface area contributed by atoms with Crippen molar-refractivity contribution >= 4 is 44.4 Å². The summed E-state index contributed by atoms with van der Waals surface area (Å²) in [4.78, 5) is 18.4. The Kier molecular flexibility index (Phi) is 5.62. The average molecular weight is 514 g/mol. The third-order valence-electron chi connectivity index (χ3n) is 6.26. The highest BCUT2D eigenvalue weighted by Crippen LogP contribution is 2.38. The van der Waals surface area contributed by atoms with Gasteiger partial charge >= 0.3 is 0 Å². The summed E-state index contributed by atoms with van der Waals surface area (Å²) in [5.74, 6) is 0.0798. The lowest BCUT2D eigenvalue weighted by molar-refractivity contribution is -0.0178. The largest absolute Gasteiger partial charge is 0.367 e. The zero-order chi connectivity index (χ0) is 24.3. The number of fused-ring (bicyclic) bond motifs is 1. The van der Waals surface area contributed by atoms with Gasteiger partial charge in [0.1, 0.15) is 16.6 Å². The third kappa shape index (κ3) is 4.34. The summed E-state index contributed by atoms with van der Waals surface area (Å²) >= 11 is 7.46. The number of anilines is 2. The zero-order valence-corrected chi connectivity index (χ0v) is 21.2. The molecule has 0 amide bonds. The van der Waals surface area contributed by atoms with Gasteiger partial charge in [-0.3, -0.25) is 4.68 Å². The maximum atomic E-state index is 15.0. The highest BCUT2D eigenvalue weighted by Gasteiger charge is 2.32. The maximum absolute atomic E-state index is 15.0. The van der Waals surface area contributed by atoms with Gasteiger partial charge < -0.3 is 14.5 Å². The number of thiazole rings is 1. The van der Waals surface area contributed by atoms with E-state index in [1.54, 1.807) is 12.1 Å². The molecule has 2 atom stereocenters. The topological polar surface area (TPSA) is 72.2 Å². The van der Waals surface area contributed by atoms with Crippen LogP contribution in [0, 0.1) is 5.82 Å². The minimum atomic E-state index is -0.427. The van der Waals surface area contributed by atoms with Crippen LogP contribution in [0.2, 0.25) is 5.02 Å². The van der Waals surface area contributed by atoms with Crippen LogP contribution in [-0.2, 0) is 4.74 Å². The molecule has 1 saturated carbocycles. The van der Waals surface area contributed by atoms with Crippen molar-refractivity contribution in [2.45, 2.75) is 38.0 Å². The first-order valence-corrected chi connectivity index (χ1v) is 12.8. The van der Waals surface area contributed by atoms with E-state index in [0.29, 0.717) is 47.0 Å². The fourth-order valence-corrected chi connectivity index (χ4v) is 5.45. The molecule has 0 radical (unpaired) electrons. The van der Waals surface area contributed by atoms with Crippen molar-refractivity contribution in [2.75, 3.05) is 37.0 Å². The molecule has 2 fully saturated rings. The van der Waals surface area contributed by atoms with E-state index in [2.05, 4.69) is 16.2 Å². The Balaban J connectivity index is 1.41. The van der Waals surface area contributed by atoms with E-state index in [4.69, 9.17) is 31.3 Å². The molecule has 8 nitrogen and oxygen atoms in total. The Bertz CT molecular complexity index is 1400. The summed E-state index contributed by atoms with van der Waals surface area (Å²) in [6.45, 7) is 3.22. The lowest BCUT2D eigenvalue weighted by Crippen LogP contribution is -2.43. The van der Waals surface area contributed by atoms with Gasteiger partial charge in [0.15, 0.2) is 10.8 Å². The molecule has 1 aliphatic carbocycles. The fourth-order valence-electron chi connectivity index (χ4n) is 4.35. The number of rotatable bonds is 5. The zero-order valence-electron chi connectivity index (χ0n) is 19.7. The van der Waals surface area contributed by atoms with Gasteiger partial charge in [0.05, 0.1) is 30.6 Å². The molecule has 1 saturated heterocycles. The first-order chi connectivity index (χ1) is 16.9. The first-order valence-electron chi connectivity index (χ1n) is 11.6. The van der Waals surface area contributed by atoms with Crippen molar-refractivity contribution in [1.82, 2.24) is 24.7 Å². The Morgan fingerprint density at radius 3 is 2.74 bits per heavy atom. The SMILES string of the molecule is C[C@H]1CN(c2nc(-c3ccc(Cl)cc3F)c3sc(N(C)C)nc3n2)C[C@@H](c2cnn(C3CC3)c2)O1. The van der Waals surface area contributed by atoms with Crippen LogP contribution in [0.4, 0.5) is 15.5 Å². The lowest BCUT2D eigenvalue weighted by atomic mass is 10.1. The van der Waals surface area contributed by atoms with E-state index in [0.717, 1.165) is 15.4 Å². The Labute approximate surface area is 211 Å². The summed E-state index contributed by atoms with van der Waals surface area (Å²) in [5.41, 5.74) is 2.48. The average Bonchev–Trinajstić information content (AvgIpc) is 3.38. The standard InChI is InChI=1S/C24H25ClFN7OS/c1-13-10-32(12-19(34-13)14-9-27-33(11-14)16-5-6-16)23-28-20(17-7-4-15(25)8-18(17)26)21-22(29-23)30-24(35-21)31(2)3/h4,7-9,11,13,16,19H,5-6,10,12H2,1-3H3/t13-,19-/m0/s1. The number of aromatic nitrogens is 5. The first kappa shape index (κ1) is 22.6. The highest BCUT2D eigenvalue weighted by molar-refractivity contribution is 7.22. The minimum Gasteiger partial charge on any atom is -0.367 e. The Morgan fingerprint density at radius 2 is 2.00 bits per heavy atom. The van der Waals surface area contributed by atoms with Crippen molar-refractivity contribution in [3.8, 4) is 11.3 Å². The van der Waals surface area contributed by atoms with E-state index in [1.807, 2.05) is 36.8 Å². The molecular formula is C24H25ClFN7OS. The van der Waals surface area contributed by atoms with Crippen LogP contribution in [0.3, 0.4) is 0 Å². The van der Waals surface area contributed by atoms with Gasteiger partial charge in [-0.05, 0) is 38.0 Å². The van der Waals surface area contributed by atoms with E-state index in [1.165, 1.54) is 30.2 Å². The minimum absolute atomic E-state index is 0.0409. The van der Waals surface area contributed by atoms with Gasteiger partial charge in [-0.15, -0.1) is 0 Å². The van der Waals surface area contributed by atoms with Gasteiger partial charge in [0.25, 0.3) is 0 Å². The quantitative estimate of drug-likeness (QED) is 0.367. The fraction of sp³-hybridized carbons (Fsp3) is 0.417. The molecule has 0 N–H and O–H groups in total. The molecule has 1 aromatic carbocycles. The highest BCUT2D eigenvalue weighted by atomic mass is 35.5. The monoisotopic (exact) mass is 513 g/mol. The second-order valence-electron chi connectivity index (χ2n) is 9.37. The molecule has 3 aromatic heterocycles. The molecule has 0 spiro atoms. The van der Waals surface area contributed by atoms with E-state index < -0.39 is 5.82 Å². The molecule has 1 aliphatic heterocycles. The predicted molar refractivity (Wildman–Crippen MR) is 136 cm³/mol. The molecular weight excluding hydrogens is 489 g/mol. The predicted octanol–water partition coefficient (Wildman–Crippen LogP) is 5.11. The van der Waals surface area contributed by atoms with E-state index in [9.17, 15) is 0 Å². The summed E-state index contributed by atoms with van der Waals surface area (Å²) in [7, 11) is 3.84. The molecule has 35 heavy (non-hydrogen) atoms. The van der Waals surface area contributed by atoms with Crippen molar-refractivity contribution < 1.29 is 9.13 Å². The van der Waals surface area contributed by atoms with E-state index >= 15 is 4.39 Å². The third-order valence-corrected chi connectivity index (χ3v) is 7.71. The molecule has 6 rings (SSSR count). The van der Waals surface area contributed by atoms with E-state index in [-0.39, 0.29) is 12.2 Å². The van der Waals surface area contributed by atoms with Crippen molar-refractivity contribution in [2.24, 2.45) is 0 Å². The summed E-state index contributed by atoms with van der Waals surface area (Å²) in [6.07, 6.45) is 6.13. The van der Waals surface area contributed by atoms with Crippen LogP contribution in [0.1, 0.15) is 37.5 Å². The van der Waals surface area contributed by atoms with Gasteiger partial charge in [-0.25, -0.2) is 9.37 Å². The Morgan fingerprint density at radius 1 is 1.17 bits per heavy atom. The number of hydrogen-bond donors (Lipinski definition) is 0. The number of ether oxygens (including phenoxy) is 1. The molecule has 182 valence electrons. The van der Waals surface area contributed by atoms with Gasteiger partial charge in [0.2, 0.25) is 5.95 Å². The smallest absolute Gasteiger partial charge is 0.228 e. The second-order valence-corrected chi connectivity index (χ2v) is 10.8. The van der Waals surface area contributed by atoms with Crippen molar-refractivity contribution in [3.05, 3.63) is 47.0 Å². The number of halogens is 2. The van der Waals surface area contributed by atoms with Crippen LogP contribution in [0.25, 0.3) is 21.6 Å². The van der Waals surface area contributed by atoms with Crippen LogP contribution < -0.4 is 9.80 Å². The number of nitrogens with zero attached hydrogens (tertiary/aromatic N) is 7. The van der Waals surface area contributed by atoms with Crippen LogP contribution in [-0.4, -0.2) is 58.0 Å². The second kappa shape index (κ2) is 8.69. The number of benzene rings is 1. The molecule has 0 bridgehead atoms. The van der Waals surface area contributed by atoms with Gasteiger partial charge in [-0.1, -0.05) is 22.9 Å². The van der Waals surface area contributed by atoms with Gasteiger partial charge in [-0.2, -0.15) is 15.1 Å². The van der Waals surface area contributed by atoms with Crippen molar-refractivity contribution in [1.29, 1.82) is 0 Å². The number of morpholine rings is 1. The van der Waals surface area contributed by atoms with Gasteiger partial charge in [0, 0.05) is 43.0 Å². The molecule has 4 heterocycles. The summed E-state index contributed by atoms with van der Waals surface area (Å²) in [6, 6.07) is 5.16. The van der Waals surface area contributed by atoms with Crippen molar-refractivity contribution in [3.63, 3.8) is 0 Å². The number of hydrogen-bond acceptors (Lipinski definition) is 8. The van der Waals surface area contributed by atoms with Crippen LogP contribution >= 0.6 is 22.9 Å². The van der Waals surface area contributed by atoms with Crippen LogP contribution in [0.5, 0.6) is 0 Å².